The van der Waals surface area contributed by atoms with Gasteiger partial charge >= 0.3 is 0 Å². The predicted octanol–water partition coefficient (Wildman–Crippen LogP) is 3.69. The van der Waals surface area contributed by atoms with Gasteiger partial charge in [-0.05, 0) is 67.2 Å². The molecule has 1 aromatic carbocycles. The second kappa shape index (κ2) is 11.0. The van der Waals surface area contributed by atoms with Gasteiger partial charge in [-0.1, -0.05) is 23.9 Å². The van der Waals surface area contributed by atoms with Crippen LogP contribution < -0.4 is 14.9 Å². The smallest absolute Gasteiger partial charge is 0.285 e. The molecule has 8 nitrogen and oxygen atoms in total. The topological polar surface area (TPSA) is 88.2 Å². The molecule has 34 heavy (non-hydrogen) atoms. The summed E-state index contributed by atoms with van der Waals surface area (Å²) in [5, 5.41) is 2.86. The van der Waals surface area contributed by atoms with Crippen LogP contribution in [0.4, 0.5) is 0 Å². The minimum absolute atomic E-state index is 0.0442. The molecule has 0 bridgehead atoms. The molecule has 3 heterocycles. The van der Waals surface area contributed by atoms with Gasteiger partial charge in [-0.3, -0.25) is 19.8 Å². The summed E-state index contributed by atoms with van der Waals surface area (Å²) in [7, 11) is 0. The van der Waals surface area contributed by atoms with Gasteiger partial charge in [0, 0.05) is 13.1 Å². The Balaban J connectivity index is 1.45. The summed E-state index contributed by atoms with van der Waals surface area (Å²) in [6.07, 6.45) is 3.72. The Bertz CT molecular complexity index is 1130. The molecule has 0 spiro atoms. The molecule has 0 aliphatic carbocycles. The van der Waals surface area contributed by atoms with E-state index in [1.54, 1.807) is 46.7 Å². The van der Waals surface area contributed by atoms with E-state index < -0.39 is 11.8 Å². The third-order valence-electron chi connectivity index (χ3n) is 5.13. The Hall–Kier alpha value is -2.89. The highest BCUT2D eigenvalue weighted by atomic mass is 32.2. The van der Waals surface area contributed by atoms with Gasteiger partial charge < -0.3 is 14.4 Å². The summed E-state index contributed by atoms with van der Waals surface area (Å²) in [4.78, 5) is 40.1. The molecule has 2 saturated heterocycles. The lowest BCUT2D eigenvalue weighted by Crippen LogP contribution is -2.44. The molecule has 178 valence electrons. The van der Waals surface area contributed by atoms with Gasteiger partial charge in [-0.2, -0.15) is 5.01 Å². The standard InChI is InChI=1S/C23H23N3O5S3/c1-2-30-17-12-15(7-8-16(17)31-14-20(27)25-9-3-4-10-25)13-19-22(29)26(23(32)34-19)24-21(28)18-6-5-11-33-18/h5-8,11-13H,2-4,9-10,14H2,1H3,(H,24,28)/b19-13-. The second-order valence-corrected chi connectivity index (χ2v) is 10.1. The van der Waals surface area contributed by atoms with Gasteiger partial charge in [-0.25, -0.2) is 0 Å². The van der Waals surface area contributed by atoms with Crippen molar-refractivity contribution in [2.75, 3.05) is 26.3 Å². The Morgan fingerprint density at radius 3 is 2.68 bits per heavy atom. The van der Waals surface area contributed by atoms with Crippen molar-refractivity contribution < 1.29 is 23.9 Å². The fourth-order valence-electron chi connectivity index (χ4n) is 3.48. The molecule has 2 aliphatic heterocycles. The summed E-state index contributed by atoms with van der Waals surface area (Å²) in [5.74, 6) is 0.0946. The number of carbonyl (C=O) groups excluding carboxylic acids is 3. The minimum Gasteiger partial charge on any atom is -0.490 e. The normalized spacial score (nSPS) is 16.9. The molecule has 0 saturated carbocycles. The van der Waals surface area contributed by atoms with Crippen molar-refractivity contribution in [1.29, 1.82) is 0 Å². The van der Waals surface area contributed by atoms with Crippen LogP contribution in [0.2, 0.25) is 0 Å². The first-order valence-electron chi connectivity index (χ1n) is 10.8. The SMILES string of the molecule is CCOc1cc(/C=C2\SC(=S)N(NC(=O)c3cccs3)C2=O)ccc1OCC(=O)N1CCCC1. The van der Waals surface area contributed by atoms with Crippen LogP contribution >= 0.6 is 35.3 Å². The number of rotatable bonds is 8. The van der Waals surface area contributed by atoms with Crippen LogP contribution in [0.25, 0.3) is 6.08 Å². The number of thiocarbonyl (C=S) groups is 1. The van der Waals surface area contributed by atoms with Crippen molar-refractivity contribution in [1.82, 2.24) is 15.3 Å². The van der Waals surface area contributed by atoms with Gasteiger partial charge in [0.25, 0.3) is 17.7 Å². The fourth-order valence-corrected chi connectivity index (χ4v) is 5.27. The van der Waals surface area contributed by atoms with E-state index in [-0.39, 0.29) is 16.8 Å². The van der Waals surface area contributed by atoms with E-state index in [1.807, 2.05) is 6.92 Å². The Morgan fingerprint density at radius 1 is 1.18 bits per heavy atom. The summed E-state index contributed by atoms with van der Waals surface area (Å²) < 4.78 is 11.7. The van der Waals surface area contributed by atoms with Gasteiger partial charge in [0.1, 0.15) is 0 Å². The van der Waals surface area contributed by atoms with E-state index in [9.17, 15) is 14.4 Å². The van der Waals surface area contributed by atoms with Crippen LogP contribution in [0.5, 0.6) is 11.5 Å². The zero-order chi connectivity index (χ0) is 24.1. The molecule has 11 heteroatoms. The van der Waals surface area contributed by atoms with Gasteiger partial charge in [0.15, 0.2) is 22.4 Å². The minimum atomic E-state index is -0.408. The van der Waals surface area contributed by atoms with Crippen molar-refractivity contribution in [2.45, 2.75) is 19.8 Å². The molecule has 2 aliphatic rings. The number of likely N-dealkylation sites (tertiary alicyclic amines) is 1. The number of hydrogen-bond acceptors (Lipinski definition) is 8. The quantitative estimate of drug-likeness (QED) is 0.422. The molecule has 1 N–H and O–H groups in total. The average molecular weight is 518 g/mol. The molecule has 3 amide bonds. The molecule has 2 fully saturated rings. The number of nitrogens with one attached hydrogen (secondary N) is 1. The monoisotopic (exact) mass is 517 g/mol. The van der Waals surface area contributed by atoms with E-state index in [2.05, 4.69) is 5.43 Å². The Morgan fingerprint density at radius 2 is 1.97 bits per heavy atom. The molecule has 0 radical (unpaired) electrons. The summed E-state index contributed by atoms with van der Waals surface area (Å²) in [6, 6.07) is 8.67. The first-order chi connectivity index (χ1) is 16.5. The number of nitrogens with zero attached hydrogens (tertiary/aromatic N) is 2. The number of hydrogen-bond donors (Lipinski definition) is 1. The number of thioether (sulfide) groups is 1. The maximum absolute atomic E-state index is 12.8. The first-order valence-corrected chi connectivity index (χ1v) is 12.9. The fraction of sp³-hybridized carbons (Fsp3) is 0.304. The number of carbonyl (C=O) groups is 3. The molecule has 1 aromatic heterocycles. The first kappa shape index (κ1) is 24.2. The van der Waals surface area contributed by atoms with Crippen LogP contribution in [0.1, 0.15) is 35.0 Å². The number of benzene rings is 1. The third-order valence-corrected chi connectivity index (χ3v) is 7.30. The zero-order valence-electron chi connectivity index (χ0n) is 18.4. The number of thiophene rings is 1. The predicted molar refractivity (Wildman–Crippen MR) is 136 cm³/mol. The van der Waals surface area contributed by atoms with Gasteiger partial charge in [-0.15, -0.1) is 11.3 Å². The van der Waals surface area contributed by atoms with Gasteiger partial charge in [0.05, 0.1) is 16.4 Å². The third kappa shape index (κ3) is 5.60. The average Bonchev–Trinajstić information content (AvgIpc) is 3.59. The number of amides is 3. The second-order valence-electron chi connectivity index (χ2n) is 7.45. The van der Waals surface area contributed by atoms with Crippen molar-refractivity contribution >= 4 is 63.4 Å². The molecular formula is C23H23N3O5S3. The zero-order valence-corrected chi connectivity index (χ0v) is 20.9. The highest BCUT2D eigenvalue weighted by molar-refractivity contribution is 8.26. The van der Waals surface area contributed by atoms with E-state index in [1.165, 1.54) is 11.3 Å². The van der Waals surface area contributed by atoms with Crippen LogP contribution in [-0.2, 0) is 9.59 Å². The van der Waals surface area contributed by atoms with E-state index in [0.717, 1.165) is 42.7 Å². The van der Waals surface area contributed by atoms with Crippen LogP contribution in [0.15, 0.2) is 40.6 Å². The summed E-state index contributed by atoms with van der Waals surface area (Å²) in [6.45, 7) is 3.75. The van der Waals surface area contributed by atoms with Crippen LogP contribution in [0.3, 0.4) is 0 Å². The van der Waals surface area contributed by atoms with E-state index >= 15 is 0 Å². The number of hydrazine groups is 1. The van der Waals surface area contributed by atoms with E-state index in [4.69, 9.17) is 21.7 Å². The lowest BCUT2D eigenvalue weighted by molar-refractivity contribution is -0.132. The molecular weight excluding hydrogens is 494 g/mol. The van der Waals surface area contributed by atoms with Crippen molar-refractivity contribution in [3.63, 3.8) is 0 Å². The Kier molecular flexibility index (Phi) is 7.86. The maximum Gasteiger partial charge on any atom is 0.285 e. The largest absolute Gasteiger partial charge is 0.490 e. The molecule has 0 atom stereocenters. The highest BCUT2D eigenvalue weighted by Crippen LogP contribution is 2.34. The highest BCUT2D eigenvalue weighted by Gasteiger charge is 2.34. The van der Waals surface area contributed by atoms with Crippen LogP contribution in [-0.4, -0.2) is 58.3 Å². The van der Waals surface area contributed by atoms with Crippen LogP contribution in [0, 0.1) is 0 Å². The lowest BCUT2D eigenvalue weighted by Gasteiger charge is -2.17. The number of ether oxygens (including phenoxy) is 2. The molecule has 4 rings (SSSR count). The van der Waals surface area contributed by atoms with Crippen molar-refractivity contribution in [2.24, 2.45) is 0 Å². The van der Waals surface area contributed by atoms with E-state index in [0.29, 0.717) is 33.5 Å². The lowest BCUT2D eigenvalue weighted by atomic mass is 10.2. The molecule has 2 aromatic rings. The molecule has 0 unspecified atom stereocenters. The van der Waals surface area contributed by atoms with Crippen molar-refractivity contribution in [3.05, 3.63) is 51.1 Å². The van der Waals surface area contributed by atoms with Crippen molar-refractivity contribution in [3.8, 4) is 11.5 Å². The summed E-state index contributed by atoms with van der Waals surface area (Å²) >= 11 is 7.67. The maximum atomic E-state index is 12.8. The summed E-state index contributed by atoms with van der Waals surface area (Å²) in [5.41, 5.74) is 3.26. The Labute approximate surface area is 210 Å². The van der Waals surface area contributed by atoms with Gasteiger partial charge in [0.2, 0.25) is 0 Å².